The molecule has 0 amide bonds. The molecule has 3 heteroatoms. The van der Waals surface area contributed by atoms with Crippen molar-refractivity contribution >= 4 is 11.7 Å². The van der Waals surface area contributed by atoms with E-state index in [-0.39, 0.29) is 11.6 Å². The van der Waals surface area contributed by atoms with Crippen LogP contribution in [0.4, 0.5) is 5.69 Å². The van der Waals surface area contributed by atoms with Gasteiger partial charge in [0, 0.05) is 5.69 Å². The molecule has 0 saturated carbocycles. The highest BCUT2D eigenvalue weighted by atomic mass is 16.4. The van der Waals surface area contributed by atoms with Crippen LogP contribution < -0.4 is 5.32 Å². The number of benzene rings is 3. The second-order valence-electron chi connectivity index (χ2n) is 5.65. The lowest BCUT2D eigenvalue weighted by Crippen LogP contribution is -2.16. The van der Waals surface area contributed by atoms with Gasteiger partial charge in [0.2, 0.25) is 0 Å². The van der Waals surface area contributed by atoms with E-state index in [1.54, 1.807) is 12.1 Å². The predicted octanol–water partition coefficient (Wildman–Crippen LogP) is 4.78. The molecule has 24 heavy (non-hydrogen) atoms. The summed E-state index contributed by atoms with van der Waals surface area (Å²) >= 11 is 0. The Morgan fingerprint density at radius 3 is 2.08 bits per heavy atom. The summed E-state index contributed by atoms with van der Waals surface area (Å²) in [4.78, 5) is 11.5. The van der Waals surface area contributed by atoms with Crippen molar-refractivity contribution in [1.29, 1.82) is 0 Å². The van der Waals surface area contributed by atoms with E-state index in [4.69, 9.17) is 0 Å². The number of carbonyl (C=O) groups is 1. The monoisotopic (exact) mass is 317 g/mol. The van der Waals surface area contributed by atoms with Crippen molar-refractivity contribution in [2.75, 3.05) is 5.32 Å². The van der Waals surface area contributed by atoms with Crippen LogP contribution in [0.25, 0.3) is 0 Å². The van der Waals surface area contributed by atoms with Crippen molar-refractivity contribution in [3.8, 4) is 0 Å². The van der Waals surface area contributed by atoms with Gasteiger partial charge in [-0.3, -0.25) is 0 Å². The van der Waals surface area contributed by atoms with Gasteiger partial charge in [-0.15, -0.1) is 0 Å². The first-order valence-corrected chi connectivity index (χ1v) is 7.92. The highest BCUT2D eigenvalue weighted by Crippen LogP contribution is 2.26. The van der Waals surface area contributed by atoms with E-state index in [1.165, 1.54) is 5.56 Å². The van der Waals surface area contributed by atoms with Crippen LogP contribution in [0, 0.1) is 0 Å². The standard InChI is InChI=1S/C21H19NO2/c23-21(24)18-13-7-8-14-19(18)22-20(17-11-5-2-6-12-17)15-16-9-3-1-4-10-16/h1-14,20,22H,15H2,(H,23,24). The van der Waals surface area contributed by atoms with Gasteiger partial charge in [0.15, 0.2) is 0 Å². The number of carboxylic acids is 1. The second kappa shape index (κ2) is 7.47. The molecule has 0 bridgehead atoms. The summed E-state index contributed by atoms with van der Waals surface area (Å²) in [5, 5.41) is 12.8. The fraction of sp³-hybridized carbons (Fsp3) is 0.0952. The van der Waals surface area contributed by atoms with Gasteiger partial charge in [-0.25, -0.2) is 4.79 Å². The maximum atomic E-state index is 11.5. The van der Waals surface area contributed by atoms with Crippen molar-refractivity contribution in [3.05, 3.63) is 102 Å². The number of nitrogens with one attached hydrogen (secondary N) is 1. The molecule has 0 aromatic heterocycles. The van der Waals surface area contributed by atoms with Crippen molar-refractivity contribution in [3.63, 3.8) is 0 Å². The molecule has 1 unspecified atom stereocenters. The lowest BCUT2D eigenvalue weighted by Gasteiger charge is -2.22. The summed E-state index contributed by atoms with van der Waals surface area (Å²) in [6.07, 6.45) is 0.777. The van der Waals surface area contributed by atoms with Crippen LogP contribution in [0.1, 0.15) is 27.5 Å². The van der Waals surface area contributed by atoms with Crippen molar-refractivity contribution in [1.82, 2.24) is 0 Å². The number of anilines is 1. The van der Waals surface area contributed by atoms with Crippen molar-refractivity contribution < 1.29 is 9.90 Å². The van der Waals surface area contributed by atoms with Gasteiger partial charge in [-0.1, -0.05) is 72.8 Å². The third-order valence-corrected chi connectivity index (χ3v) is 3.97. The lowest BCUT2D eigenvalue weighted by molar-refractivity contribution is 0.0698. The zero-order chi connectivity index (χ0) is 16.8. The van der Waals surface area contributed by atoms with E-state index in [0.717, 1.165) is 12.0 Å². The Morgan fingerprint density at radius 2 is 1.42 bits per heavy atom. The summed E-state index contributed by atoms with van der Waals surface area (Å²) < 4.78 is 0. The largest absolute Gasteiger partial charge is 0.478 e. The molecular formula is C21H19NO2. The number of hydrogen-bond acceptors (Lipinski definition) is 2. The molecule has 3 rings (SSSR count). The number of hydrogen-bond donors (Lipinski definition) is 2. The van der Waals surface area contributed by atoms with Gasteiger partial charge in [0.05, 0.1) is 11.6 Å². The number of rotatable bonds is 6. The summed E-state index contributed by atoms with van der Waals surface area (Å²) in [5.74, 6) is -0.926. The van der Waals surface area contributed by atoms with Crippen molar-refractivity contribution in [2.45, 2.75) is 12.5 Å². The van der Waals surface area contributed by atoms with E-state index in [2.05, 4.69) is 29.6 Å². The Kier molecular flexibility index (Phi) is 4.92. The minimum atomic E-state index is -0.926. The molecule has 0 fully saturated rings. The molecule has 1 atom stereocenters. The number of para-hydroxylation sites is 1. The molecule has 0 saturated heterocycles. The maximum Gasteiger partial charge on any atom is 0.337 e. The fourth-order valence-corrected chi connectivity index (χ4v) is 2.77. The molecule has 120 valence electrons. The highest BCUT2D eigenvalue weighted by Gasteiger charge is 2.16. The zero-order valence-electron chi connectivity index (χ0n) is 13.2. The maximum absolute atomic E-state index is 11.5. The first kappa shape index (κ1) is 15.8. The zero-order valence-corrected chi connectivity index (χ0v) is 13.2. The third kappa shape index (κ3) is 3.82. The van der Waals surface area contributed by atoms with Crippen molar-refractivity contribution in [2.24, 2.45) is 0 Å². The molecule has 0 aliphatic rings. The topological polar surface area (TPSA) is 49.3 Å². The van der Waals surface area contributed by atoms with Crippen LogP contribution >= 0.6 is 0 Å². The average molecular weight is 317 g/mol. The minimum Gasteiger partial charge on any atom is -0.478 e. The Labute approximate surface area is 141 Å². The Hall–Kier alpha value is -3.07. The lowest BCUT2D eigenvalue weighted by atomic mass is 9.98. The molecule has 0 aliphatic heterocycles. The Balaban J connectivity index is 1.92. The van der Waals surface area contributed by atoms with E-state index in [9.17, 15) is 9.90 Å². The molecular weight excluding hydrogens is 298 g/mol. The molecule has 3 aromatic carbocycles. The molecule has 0 radical (unpaired) electrons. The molecule has 0 aliphatic carbocycles. The first-order valence-electron chi connectivity index (χ1n) is 7.92. The van der Waals surface area contributed by atoms with Crippen LogP contribution in [-0.2, 0) is 6.42 Å². The number of carboxylic acid groups (broad SMARTS) is 1. The molecule has 0 spiro atoms. The predicted molar refractivity (Wildman–Crippen MR) is 96.4 cm³/mol. The quantitative estimate of drug-likeness (QED) is 0.688. The van der Waals surface area contributed by atoms with Gasteiger partial charge < -0.3 is 10.4 Å². The smallest absolute Gasteiger partial charge is 0.337 e. The Morgan fingerprint density at radius 1 is 0.833 bits per heavy atom. The van der Waals surface area contributed by atoms with Gasteiger partial charge in [0.1, 0.15) is 0 Å². The van der Waals surface area contributed by atoms with E-state index in [1.807, 2.05) is 48.5 Å². The Bertz CT molecular complexity index is 800. The first-order chi connectivity index (χ1) is 11.7. The van der Waals surface area contributed by atoms with Gasteiger partial charge in [0.25, 0.3) is 0 Å². The van der Waals surface area contributed by atoms with E-state index >= 15 is 0 Å². The summed E-state index contributed by atoms with van der Waals surface area (Å²) in [7, 11) is 0. The van der Waals surface area contributed by atoms with Crippen LogP contribution in [-0.4, -0.2) is 11.1 Å². The van der Waals surface area contributed by atoms with Crippen LogP contribution in [0.3, 0.4) is 0 Å². The third-order valence-electron chi connectivity index (χ3n) is 3.97. The van der Waals surface area contributed by atoms with Gasteiger partial charge >= 0.3 is 5.97 Å². The SMILES string of the molecule is O=C(O)c1ccccc1NC(Cc1ccccc1)c1ccccc1. The summed E-state index contributed by atoms with van der Waals surface area (Å²) in [6, 6.07) is 27.3. The summed E-state index contributed by atoms with van der Waals surface area (Å²) in [6.45, 7) is 0. The van der Waals surface area contributed by atoms with E-state index < -0.39 is 5.97 Å². The molecule has 2 N–H and O–H groups in total. The minimum absolute atomic E-state index is 0.00546. The van der Waals surface area contributed by atoms with Crippen LogP contribution in [0.15, 0.2) is 84.9 Å². The van der Waals surface area contributed by atoms with E-state index in [0.29, 0.717) is 5.69 Å². The number of aromatic carboxylic acids is 1. The normalized spacial score (nSPS) is 11.7. The van der Waals surface area contributed by atoms with Gasteiger partial charge in [-0.2, -0.15) is 0 Å². The van der Waals surface area contributed by atoms with Crippen LogP contribution in [0.2, 0.25) is 0 Å². The summed E-state index contributed by atoms with van der Waals surface area (Å²) in [5.41, 5.74) is 3.24. The molecule has 3 nitrogen and oxygen atoms in total. The fourth-order valence-electron chi connectivity index (χ4n) is 2.77. The van der Waals surface area contributed by atoms with Gasteiger partial charge in [-0.05, 0) is 29.7 Å². The molecule has 0 heterocycles. The van der Waals surface area contributed by atoms with Crippen LogP contribution in [0.5, 0.6) is 0 Å². The highest BCUT2D eigenvalue weighted by molar-refractivity contribution is 5.94. The average Bonchev–Trinajstić information content (AvgIpc) is 2.63. The molecule has 3 aromatic rings. The second-order valence-corrected chi connectivity index (χ2v) is 5.65.